The van der Waals surface area contributed by atoms with E-state index in [1.54, 1.807) is 12.1 Å². The summed E-state index contributed by atoms with van der Waals surface area (Å²) in [7, 11) is 1.49. The normalized spacial score (nSPS) is 40.1. The number of benzene rings is 1. The van der Waals surface area contributed by atoms with E-state index in [-0.39, 0.29) is 11.2 Å². The van der Waals surface area contributed by atoms with Gasteiger partial charge in [-0.3, -0.25) is 0 Å². The Bertz CT molecular complexity index is 501. The summed E-state index contributed by atoms with van der Waals surface area (Å²) in [6.45, 7) is 0. The number of hydrogen-bond donors (Lipinski definition) is 0. The fourth-order valence-electron chi connectivity index (χ4n) is 4.86. The van der Waals surface area contributed by atoms with Crippen LogP contribution >= 0.6 is 11.6 Å². The number of alkyl halides is 1. The summed E-state index contributed by atoms with van der Waals surface area (Å²) in [6, 6.07) is 5.15. The molecule has 0 heterocycles. The minimum Gasteiger partial charge on any atom is -0.494 e. The van der Waals surface area contributed by atoms with Gasteiger partial charge in [0.05, 0.1) is 12.5 Å². The third-order valence-electron chi connectivity index (χ3n) is 5.63. The number of rotatable bonds is 3. The molecule has 0 aliphatic heterocycles. The molecule has 3 saturated carbocycles. The van der Waals surface area contributed by atoms with Crippen molar-refractivity contribution in [1.82, 2.24) is 0 Å². The first-order valence-corrected chi connectivity index (χ1v) is 7.62. The zero-order chi connectivity index (χ0) is 13.1. The van der Waals surface area contributed by atoms with Crippen molar-refractivity contribution in [3.05, 3.63) is 29.6 Å². The van der Waals surface area contributed by atoms with Crippen molar-refractivity contribution >= 4 is 11.6 Å². The van der Waals surface area contributed by atoms with Crippen molar-refractivity contribution in [2.45, 2.75) is 24.6 Å². The lowest BCUT2D eigenvalue weighted by Gasteiger charge is -2.15. The third-order valence-corrected chi connectivity index (χ3v) is 6.17. The Morgan fingerprint density at radius 2 is 1.95 bits per heavy atom. The average Bonchev–Trinajstić information content (AvgIpc) is 2.85. The van der Waals surface area contributed by atoms with Gasteiger partial charge in [-0.1, -0.05) is 6.07 Å². The van der Waals surface area contributed by atoms with E-state index in [2.05, 4.69) is 0 Å². The van der Waals surface area contributed by atoms with Crippen LogP contribution in [0.2, 0.25) is 0 Å². The van der Waals surface area contributed by atoms with Crippen LogP contribution < -0.4 is 4.74 Å². The molecule has 2 bridgehead atoms. The quantitative estimate of drug-likeness (QED) is 0.746. The first-order valence-electron chi connectivity index (χ1n) is 7.18. The first kappa shape index (κ1) is 12.0. The molecular formula is C16H18ClFO. The Hall–Kier alpha value is -0.760. The van der Waals surface area contributed by atoms with Gasteiger partial charge in [0.2, 0.25) is 0 Å². The highest BCUT2D eigenvalue weighted by Gasteiger charge is 2.66. The summed E-state index contributed by atoms with van der Waals surface area (Å²) >= 11 is 6.62. The molecule has 0 aromatic heterocycles. The summed E-state index contributed by atoms with van der Waals surface area (Å²) in [4.78, 5) is 0. The van der Waals surface area contributed by atoms with Gasteiger partial charge < -0.3 is 4.74 Å². The summed E-state index contributed by atoms with van der Waals surface area (Å²) < 4.78 is 18.7. The standard InChI is InChI=1S/C16H18ClFO/c1-19-12-5-4-10(7-11(12)18)16(17)15-13-8-2-3-9(6-8)14(13)15/h4-5,7-9,13-16H,2-3,6H2,1H3. The van der Waals surface area contributed by atoms with Crippen LogP contribution in [0.1, 0.15) is 30.2 Å². The van der Waals surface area contributed by atoms with Crippen molar-refractivity contribution in [1.29, 1.82) is 0 Å². The van der Waals surface area contributed by atoms with Crippen LogP contribution in [0.25, 0.3) is 0 Å². The Labute approximate surface area is 118 Å². The molecule has 5 unspecified atom stereocenters. The highest BCUT2D eigenvalue weighted by molar-refractivity contribution is 6.21. The maximum atomic E-state index is 13.8. The van der Waals surface area contributed by atoms with E-state index in [1.165, 1.54) is 26.4 Å². The van der Waals surface area contributed by atoms with E-state index in [4.69, 9.17) is 16.3 Å². The SMILES string of the molecule is COc1ccc(C(Cl)C2C3C4CCC(C4)C32)cc1F. The fraction of sp³-hybridized carbons (Fsp3) is 0.625. The van der Waals surface area contributed by atoms with Gasteiger partial charge in [-0.15, -0.1) is 11.6 Å². The van der Waals surface area contributed by atoms with Crippen LogP contribution in [-0.4, -0.2) is 7.11 Å². The lowest BCUT2D eigenvalue weighted by molar-refractivity contribution is 0.385. The predicted molar refractivity (Wildman–Crippen MR) is 72.8 cm³/mol. The van der Waals surface area contributed by atoms with Gasteiger partial charge in [0.25, 0.3) is 0 Å². The maximum Gasteiger partial charge on any atom is 0.165 e. The van der Waals surface area contributed by atoms with Crippen molar-refractivity contribution in [3.63, 3.8) is 0 Å². The molecule has 3 fully saturated rings. The van der Waals surface area contributed by atoms with Crippen LogP contribution in [0.5, 0.6) is 5.75 Å². The van der Waals surface area contributed by atoms with Gasteiger partial charge in [0.15, 0.2) is 11.6 Å². The molecule has 1 aromatic rings. The Morgan fingerprint density at radius 3 is 2.53 bits per heavy atom. The lowest BCUT2D eigenvalue weighted by Crippen LogP contribution is -2.04. The van der Waals surface area contributed by atoms with E-state index in [0.717, 1.165) is 29.2 Å². The molecule has 0 radical (unpaired) electrons. The maximum absolute atomic E-state index is 13.8. The Morgan fingerprint density at radius 1 is 1.26 bits per heavy atom. The van der Waals surface area contributed by atoms with E-state index in [0.29, 0.717) is 11.7 Å². The number of halogens is 2. The van der Waals surface area contributed by atoms with Gasteiger partial charge in [0.1, 0.15) is 0 Å². The molecule has 1 nitrogen and oxygen atoms in total. The predicted octanol–water partition coefficient (Wildman–Crippen LogP) is 4.41. The molecule has 0 spiro atoms. The molecule has 3 aliphatic rings. The highest BCUT2D eigenvalue weighted by Crippen LogP contribution is 2.73. The summed E-state index contributed by atoms with van der Waals surface area (Å²) in [5.41, 5.74) is 0.916. The van der Waals surface area contributed by atoms with Gasteiger partial charge in [-0.25, -0.2) is 4.39 Å². The molecule has 4 rings (SSSR count). The summed E-state index contributed by atoms with van der Waals surface area (Å²) in [5.74, 6) is 4.04. The van der Waals surface area contributed by atoms with E-state index in [9.17, 15) is 4.39 Å². The number of ether oxygens (including phenoxy) is 1. The van der Waals surface area contributed by atoms with Crippen LogP contribution in [0.3, 0.4) is 0 Å². The summed E-state index contributed by atoms with van der Waals surface area (Å²) in [5, 5.41) is -0.0289. The first-order chi connectivity index (χ1) is 9.20. The molecule has 5 atom stereocenters. The van der Waals surface area contributed by atoms with Crippen molar-refractivity contribution in [3.8, 4) is 5.75 Å². The number of fused-ring (bicyclic) bond motifs is 5. The second kappa shape index (κ2) is 4.12. The Kier molecular flexibility index (Phi) is 2.60. The topological polar surface area (TPSA) is 9.23 Å². The molecule has 0 N–H and O–H groups in total. The van der Waals surface area contributed by atoms with Crippen LogP contribution in [0.4, 0.5) is 4.39 Å². The van der Waals surface area contributed by atoms with Gasteiger partial charge >= 0.3 is 0 Å². The van der Waals surface area contributed by atoms with Crippen LogP contribution in [0, 0.1) is 35.4 Å². The van der Waals surface area contributed by atoms with Gasteiger partial charge in [-0.2, -0.15) is 0 Å². The Balaban J connectivity index is 1.56. The second-order valence-corrected chi connectivity index (χ2v) is 6.83. The molecule has 102 valence electrons. The highest BCUT2D eigenvalue weighted by atomic mass is 35.5. The smallest absolute Gasteiger partial charge is 0.165 e. The fourth-order valence-corrected chi connectivity index (χ4v) is 5.33. The molecule has 19 heavy (non-hydrogen) atoms. The van der Waals surface area contributed by atoms with E-state index in [1.807, 2.05) is 6.07 Å². The third kappa shape index (κ3) is 1.65. The van der Waals surface area contributed by atoms with Crippen LogP contribution in [-0.2, 0) is 0 Å². The van der Waals surface area contributed by atoms with Crippen molar-refractivity contribution in [2.24, 2.45) is 29.6 Å². The van der Waals surface area contributed by atoms with E-state index < -0.39 is 0 Å². The zero-order valence-electron chi connectivity index (χ0n) is 11.0. The second-order valence-electron chi connectivity index (χ2n) is 6.36. The zero-order valence-corrected chi connectivity index (χ0v) is 11.7. The number of methoxy groups -OCH3 is 1. The monoisotopic (exact) mass is 280 g/mol. The minimum absolute atomic E-state index is 0.0289. The van der Waals surface area contributed by atoms with Crippen LogP contribution in [0.15, 0.2) is 18.2 Å². The largest absolute Gasteiger partial charge is 0.494 e. The summed E-state index contributed by atoms with van der Waals surface area (Å²) in [6.07, 6.45) is 4.21. The molecule has 1 aromatic carbocycles. The van der Waals surface area contributed by atoms with Gasteiger partial charge in [-0.05, 0) is 66.5 Å². The van der Waals surface area contributed by atoms with Crippen molar-refractivity contribution in [2.75, 3.05) is 7.11 Å². The lowest BCUT2D eigenvalue weighted by atomic mass is 9.97. The van der Waals surface area contributed by atoms with Gasteiger partial charge in [0, 0.05) is 0 Å². The minimum atomic E-state index is -0.306. The average molecular weight is 281 g/mol. The molecule has 3 aliphatic carbocycles. The van der Waals surface area contributed by atoms with E-state index >= 15 is 0 Å². The molecule has 0 saturated heterocycles. The molecular weight excluding hydrogens is 263 g/mol. The molecule has 3 heteroatoms. The molecule has 0 amide bonds. The van der Waals surface area contributed by atoms with Crippen molar-refractivity contribution < 1.29 is 9.13 Å². The number of hydrogen-bond acceptors (Lipinski definition) is 1.